The molecule has 1 aromatic heterocycles. The highest BCUT2D eigenvalue weighted by molar-refractivity contribution is 6.17. The fourth-order valence-corrected chi connectivity index (χ4v) is 2.17. The number of halogens is 1. The van der Waals surface area contributed by atoms with Gasteiger partial charge in [-0.2, -0.15) is 0 Å². The van der Waals surface area contributed by atoms with E-state index in [1.807, 2.05) is 6.20 Å². The van der Waals surface area contributed by atoms with Crippen LogP contribution in [0.1, 0.15) is 24.5 Å². The van der Waals surface area contributed by atoms with Gasteiger partial charge in [-0.1, -0.05) is 0 Å². The zero-order valence-corrected chi connectivity index (χ0v) is 12.7. The van der Waals surface area contributed by atoms with Crippen LogP contribution < -0.4 is 4.90 Å². The molecule has 0 saturated carbocycles. The third kappa shape index (κ3) is 4.46. The molecular formula is C14H24ClN3. The van der Waals surface area contributed by atoms with E-state index in [4.69, 9.17) is 11.6 Å². The highest BCUT2D eigenvalue weighted by Gasteiger charge is 2.09. The predicted molar refractivity (Wildman–Crippen MR) is 79.6 cm³/mol. The summed E-state index contributed by atoms with van der Waals surface area (Å²) in [6.07, 6.45) is 3.03. The van der Waals surface area contributed by atoms with Gasteiger partial charge in [-0.3, -0.25) is 0 Å². The monoisotopic (exact) mass is 269 g/mol. The van der Waals surface area contributed by atoms with Crippen molar-refractivity contribution >= 4 is 17.4 Å². The third-order valence-electron chi connectivity index (χ3n) is 2.98. The molecule has 1 heterocycles. The average Bonchev–Trinajstić information content (AvgIpc) is 2.35. The Labute approximate surface area is 116 Å². The van der Waals surface area contributed by atoms with Gasteiger partial charge in [-0.25, -0.2) is 4.98 Å². The standard InChI is InChI=1S/C14H24ClN3/c1-5-18(8-6-7-17(3)4)14-12(2)9-13(10-15)11-16-14/h9,11H,5-8,10H2,1-4H3. The van der Waals surface area contributed by atoms with Crippen LogP contribution in [0, 0.1) is 6.92 Å². The number of aryl methyl sites for hydroxylation is 1. The van der Waals surface area contributed by atoms with Crippen LogP contribution in [-0.2, 0) is 5.88 Å². The minimum atomic E-state index is 0.529. The summed E-state index contributed by atoms with van der Waals surface area (Å²) in [5.74, 6) is 1.62. The SMILES string of the molecule is CCN(CCCN(C)C)c1ncc(CCl)cc1C. The molecule has 0 N–H and O–H groups in total. The summed E-state index contributed by atoms with van der Waals surface area (Å²) in [4.78, 5) is 9.09. The van der Waals surface area contributed by atoms with Crippen LogP contribution in [0.2, 0.25) is 0 Å². The quantitative estimate of drug-likeness (QED) is 0.710. The van der Waals surface area contributed by atoms with Crippen LogP contribution in [0.25, 0.3) is 0 Å². The lowest BCUT2D eigenvalue weighted by Gasteiger charge is -2.24. The van der Waals surface area contributed by atoms with E-state index < -0.39 is 0 Å². The molecule has 4 heteroatoms. The molecular weight excluding hydrogens is 246 g/mol. The van der Waals surface area contributed by atoms with E-state index in [2.05, 4.69) is 48.8 Å². The Morgan fingerprint density at radius 1 is 1.28 bits per heavy atom. The van der Waals surface area contributed by atoms with Gasteiger partial charge in [0.05, 0.1) is 0 Å². The second kappa shape index (κ2) is 7.59. The Bertz CT molecular complexity index is 366. The van der Waals surface area contributed by atoms with Gasteiger partial charge in [0, 0.05) is 25.2 Å². The van der Waals surface area contributed by atoms with E-state index in [1.54, 1.807) is 0 Å². The zero-order chi connectivity index (χ0) is 13.5. The molecule has 1 aromatic rings. The van der Waals surface area contributed by atoms with E-state index in [9.17, 15) is 0 Å². The summed E-state index contributed by atoms with van der Waals surface area (Å²) in [5, 5.41) is 0. The van der Waals surface area contributed by atoms with E-state index in [0.717, 1.165) is 37.4 Å². The van der Waals surface area contributed by atoms with Crippen LogP contribution in [0.3, 0.4) is 0 Å². The van der Waals surface area contributed by atoms with Crippen molar-refractivity contribution in [3.63, 3.8) is 0 Å². The molecule has 0 aliphatic heterocycles. The lowest BCUT2D eigenvalue weighted by Crippen LogP contribution is -2.28. The summed E-state index contributed by atoms with van der Waals surface area (Å²) >= 11 is 5.82. The highest BCUT2D eigenvalue weighted by atomic mass is 35.5. The summed E-state index contributed by atoms with van der Waals surface area (Å²) in [6, 6.07) is 2.13. The number of pyridine rings is 1. The highest BCUT2D eigenvalue weighted by Crippen LogP contribution is 2.18. The molecule has 102 valence electrons. The number of alkyl halides is 1. The maximum atomic E-state index is 5.82. The first-order chi connectivity index (χ1) is 8.58. The van der Waals surface area contributed by atoms with E-state index >= 15 is 0 Å². The Morgan fingerprint density at radius 2 is 2.00 bits per heavy atom. The topological polar surface area (TPSA) is 19.4 Å². The normalized spacial score (nSPS) is 11.0. The molecule has 0 aliphatic carbocycles. The molecule has 1 rings (SSSR count). The number of anilines is 1. The molecule has 0 aliphatic rings. The van der Waals surface area contributed by atoms with Gasteiger partial charge >= 0.3 is 0 Å². The molecule has 0 bridgehead atoms. The van der Waals surface area contributed by atoms with Crippen LogP contribution >= 0.6 is 11.6 Å². The predicted octanol–water partition coefficient (Wildman–Crippen LogP) is 2.91. The van der Waals surface area contributed by atoms with E-state index in [0.29, 0.717) is 5.88 Å². The Kier molecular flexibility index (Phi) is 6.44. The number of rotatable bonds is 7. The largest absolute Gasteiger partial charge is 0.357 e. The minimum absolute atomic E-state index is 0.529. The maximum absolute atomic E-state index is 5.82. The number of aromatic nitrogens is 1. The molecule has 0 aromatic carbocycles. The number of hydrogen-bond donors (Lipinski definition) is 0. The minimum Gasteiger partial charge on any atom is -0.357 e. The Morgan fingerprint density at radius 3 is 2.50 bits per heavy atom. The van der Waals surface area contributed by atoms with E-state index in [-0.39, 0.29) is 0 Å². The van der Waals surface area contributed by atoms with Gasteiger partial charge in [0.2, 0.25) is 0 Å². The number of hydrogen-bond acceptors (Lipinski definition) is 3. The molecule has 0 spiro atoms. The fraction of sp³-hybridized carbons (Fsp3) is 0.643. The molecule has 0 fully saturated rings. The second-order valence-electron chi connectivity index (χ2n) is 4.85. The first kappa shape index (κ1) is 15.3. The lowest BCUT2D eigenvalue weighted by molar-refractivity contribution is 0.400. The third-order valence-corrected chi connectivity index (χ3v) is 3.28. The molecule has 0 atom stereocenters. The molecule has 0 unspecified atom stereocenters. The van der Waals surface area contributed by atoms with Crippen molar-refractivity contribution in [2.75, 3.05) is 38.6 Å². The summed E-state index contributed by atoms with van der Waals surface area (Å²) < 4.78 is 0. The lowest BCUT2D eigenvalue weighted by atomic mass is 10.2. The zero-order valence-electron chi connectivity index (χ0n) is 11.9. The Hall–Kier alpha value is -0.800. The van der Waals surface area contributed by atoms with Crippen molar-refractivity contribution in [1.82, 2.24) is 9.88 Å². The van der Waals surface area contributed by atoms with Crippen LogP contribution in [0.15, 0.2) is 12.3 Å². The van der Waals surface area contributed by atoms with E-state index in [1.165, 1.54) is 5.56 Å². The van der Waals surface area contributed by atoms with Crippen molar-refractivity contribution in [1.29, 1.82) is 0 Å². The van der Waals surface area contributed by atoms with Gasteiger partial charge in [-0.05, 0) is 58.1 Å². The van der Waals surface area contributed by atoms with Crippen molar-refractivity contribution < 1.29 is 0 Å². The maximum Gasteiger partial charge on any atom is 0.131 e. The van der Waals surface area contributed by atoms with Gasteiger partial charge in [0.1, 0.15) is 5.82 Å². The fourth-order valence-electron chi connectivity index (χ4n) is 2.02. The summed E-state index contributed by atoms with van der Waals surface area (Å²) in [6.45, 7) is 7.42. The smallest absolute Gasteiger partial charge is 0.131 e. The number of nitrogens with zero attached hydrogens (tertiary/aromatic N) is 3. The first-order valence-electron chi connectivity index (χ1n) is 6.49. The van der Waals surface area contributed by atoms with Crippen molar-refractivity contribution in [2.45, 2.75) is 26.1 Å². The first-order valence-corrected chi connectivity index (χ1v) is 7.03. The molecule has 0 amide bonds. The van der Waals surface area contributed by atoms with Crippen molar-refractivity contribution in [3.05, 3.63) is 23.4 Å². The Balaban J connectivity index is 2.69. The second-order valence-corrected chi connectivity index (χ2v) is 5.12. The van der Waals surface area contributed by atoms with Crippen LogP contribution in [0.5, 0.6) is 0 Å². The van der Waals surface area contributed by atoms with Crippen LogP contribution in [-0.4, -0.2) is 43.6 Å². The van der Waals surface area contributed by atoms with Gasteiger partial charge in [-0.15, -0.1) is 11.6 Å². The van der Waals surface area contributed by atoms with Crippen molar-refractivity contribution in [2.24, 2.45) is 0 Å². The summed E-state index contributed by atoms with van der Waals surface area (Å²) in [7, 11) is 4.21. The van der Waals surface area contributed by atoms with Crippen molar-refractivity contribution in [3.8, 4) is 0 Å². The van der Waals surface area contributed by atoms with Gasteiger partial charge in [0.15, 0.2) is 0 Å². The summed E-state index contributed by atoms with van der Waals surface area (Å²) in [5.41, 5.74) is 2.29. The molecule has 0 saturated heterocycles. The molecule has 18 heavy (non-hydrogen) atoms. The van der Waals surface area contributed by atoms with Gasteiger partial charge in [0.25, 0.3) is 0 Å². The average molecular weight is 270 g/mol. The van der Waals surface area contributed by atoms with Crippen LogP contribution in [0.4, 0.5) is 5.82 Å². The molecule has 0 radical (unpaired) electrons. The molecule has 3 nitrogen and oxygen atoms in total. The van der Waals surface area contributed by atoms with Gasteiger partial charge < -0.3 is 9.80 Å².